The van der Waals surface area contributed by atoms with Gasteiger partial charge in [-0.1, -0.05) is 37.5 Å². The van der Waals surface area contributed by atoms with Crippen molar-refractivity contribution < 1.29 is 23.5 Å². The molecule has 2 heterocycles. The topological polar surface area (TPSA) is 88.9 Å². The number of carbonyl (C=O) groups is 3. The fraction of sp³-hybridized carbons (Fsp3) is 0.476. The van der Waals surface area contributed by atoms with Crippen LogP contribution in [0.5, 0.6) is 0 Å². The lowest BCUT2D eigenvalue weighted by atomic mass is 10.0. The van der Waals surface area contributed by atoms with Crippen LogP contribution in [0.3, 0.4) is 0 Å². The first kappa shape index (κ1) is 19.8. The third-order valence-electron chi connectivity index (χ3n) is 5.38. The molecule has 0 spiro atoms. The fourth-order valence-corrected chi connectivity index (χ4v) is 5.18. The summed E-state index contributed by atoms with van der Waals surface area (Å²) in [7, 11) is 0. The Labute approximate surface area is 173 Å². The predicted octanol–water partition coefficient (Wildman–Crippen LogP) is 3.71. The van der Waals surface area contributed by atoms with E-state index in [0.29, 0.717) is 23.1 Å². The Morgan fingerprint density at radius 3 is 2.76 bits per heavy atom. The van der Waals surface area contributed by atoms with E-state index in [0.717, 1.165) is 15.8 Å². The van der Waals surface area contributed by atoms with Crippen LogP contribution in [-0.2, 0) is 15.3 Å². The van der Waals surface area contributed by atoms with Crippen LogP contribution in [0.25, 0.3) is 11.0 Å². The summed E-state index contributed by atoms with van der Waals surface area (Å²) < 4.78 is 11.0. The average molecular weight is 416 g/mol. The normalized spacial score (nSPS) is 17.5. The number of carbonyl (C=O) groups excluding carboxylic acids is 3. The molecule has 3 amide bonds. The van der Waals surface area contributed by atoms with E-state index in [1.165, 1.54) is 32.1 Å². The van der Waals surface area contributed by atoms with E-state index in [4.69, 9.17) is 9.15 Å². The molecule has 1 aromatic heterocycles. The van der Waals surface area contributed by atoms with Gasteiger partial charge in [-0.05, 0) is 18.9 Å². The lowest BCUT2D eigenvalue weighted by Gasteiger charge is -2.20. The number of furan rings is 1. The molecule has 1 saturated carbocycles. The number of urea groups is 1. The van der Waals surface area contributed by atoms with Crippen molar-refractivity contribution in [1.29, 1.82) is 0 Å². The Hall–Kier alpha value is -2.48. The van der Waals surface area contributed by atoms with E-state index < -0.39 is 24.5 Å². The Morgan fingerprint density at radius 1 is 1.21 bits per heavy atom. The Kier molecular flexibility index (Phi) is 6.08. The van der Waals surface area contributed by atoms with Crippen LogP contribution in [0.15, 0.2) is 28.7 Å². The van der Waals surface area contributed by atoms with Crippen molar-refractivity contribution in [2.45, 2.75) is 43.1 Å². The smallest absolute Gasteiger partial charge is 0.375 e. The van der Waals surface area contributed by atoms with Gasteiger partial charge in [0.25, 0.3) is 5.91 Å². The number of fused-ring (bicyclic) bond motifs is 1. The van der Waals surface area contributed by atoms with Crippen molar-refractivity contribution in [1.82, 2.24) is 10.2 Å². The molecule has 154 valence electrons. The summed E-state index contributed by atoms with van der Waals surface area (Å²) in [5.74, 6) is -0.404. The third-order valence-corrected chi connectivity index (χ3v) is 6.78. The first-order valence-electron chi connectivity index (χ1n) is 10.0. The number of ether oxygens (including phenoxy) is 1. The molecule has 1 N–H and O–H groups in total. The molecule has 2 aromatic rings. The second kappa shape index (κ2) is 8.90. The molecule has 1 aliphatic heterocycles. The van der Waals surface area contributed by atoms with Crippen LogP contribution in [0.2, 0.25) is 0 Å². The highest BCUT2D eigenvalue weighted by atomic mass is 32.2. The van der Waals surface area contributed by atoms with Crippen molar-refractivity contribution in [3.63, 3.8) is 0 Å². The van der Waals surface area contributed by atoms with Gasteiger partial charge in [0.05, 0.1) is 0 Å². The van der Waals surface area contributed by atoms with Gasteiger partial charge in [0.1, 0.15) is 5.58 Å². The maximum absolute atomic E-state index is 12.7. The fourth-order valence-electron chi connectivity index (χ4n) is 3.82. The Morgan fingerprint density at radius 2 is 2.00 bits per heavy atom. The van der Waals surface area contributed by atoms with E-state index in [1.54, 1.807) is 0 Å². The highest BCUT2D eigenvalue weighted by Crippen LogP contribution is 2.35. The van der Waals surface area contributed by atoms with Gasteiger partial charge in [-0.2, -0.15) is 11.8 Å². The van der Waals surface area contributed by atoms with Crippen LogP contribution < -0.4 is 5.32 Å². The second-order valence-electron chi connectivity index (χ2n) is 7.33. The average Bonchev–Trinajstić information content (AvgIpc) is 3.34. The number of nitrogens with one attached hydrogen (secondary N) is 1. The molecule has 1 saturated heterocycles. The zero-order valence-corrected chi connectivity index (χ0v) is 17.0. The SMILES string of the molecule is O=C(OCC(=O)N1CCNC1=O)c1oc2ccccc2c1CSC1CCCCC1. The summed E-state index contributed by atoms with van der Waals surface area (Å²) in [6, 6.07) is 7.07. The number of thioether (sulfide) groups is 1. The van der Waals surface area contributed by atoms with Crippen molar-refractivity contribution in [3.8, 4) is 0 Å². The third kappa shape index (κ3) is 4.42. The zero-order chi connectivity index (χ0) is 20.2. The van der Waals surface area contributed by atoms with Gasteiger partial charge < -0.3 is 14.5 Å². The number of rotatable bonds is 6. The number of para-hydroxylation sites is 1. The van der Waals surface area contributed by atoms with E-state index in [9.17, 15) is 14.4 Å². The van der Waals surface area contributed by atoms with Gasteiger partial charge in [-0.25, -0.2) is 9.59 Å². The molecule has 0 unspecified atom stereocenters. The van der Waals surface area contributed by atoms with E-state index in [-0.39, 0.29) is 12.3 Å². The van der Waals surface area contributed by atoms with Gasteiger partial charge >= 0.3 is 12.0 Å². The summed E-state index contributed by atoms with van der Waals surface area (Å²) >= 11 is 1.85. The maximum Gasteiger partial charge on any atom is 0.375 e. The minimum absolute atomic E-state index is 0.146. The Balaban J connectivity index is 1.47. The maximum atomic E-state index is 12.7. The van der Waals surface area contributed by atoms with Crippen LogP contribution in [-0.4, -0.2) is 47.8 Å². The summed E-state index contributed by atoms with van der Waals surface area (Å²) in [5, 5.41) is 4.04. The lowest BCUT2D eigenvalue weighted by Crippen LogP contribution is -2.37. The standard InChI is InChI=1S/C21H24N2O5S/c24-18(23-11-10-22-21(23)26)12-27-20(25)19-16(13-29-14-6-2-1-3-7-14)15-8-4-5-9-17(15)28-19/h4-5,8-9,14H,1-3,6-7,10-13H2,(H,22,26). The zero-order valence-electron chi connectivity index (χ0n) is 16.1. The second-order valence-corrected chi connectivity index (χ2v) is 8.62. The number of esters is 1. The van der Waals surface area contributed by atoms with Gasteiger partial charge in [-0.15, -0.1) is 0 Å². The number of hydrogen-bond donors (Lipinski definition) is 1. The molecule has 8 heteroatoms. The number of nitrogens with zero attached hydrogens (tertiary/aromatic N) is 1. The molecule has 4 rings (SSSR count). The summed E-state index contributed by atoms with van der Waals surface area (Å²) in [6.45, 7) is 0.201. The first-order valence-corrected chi connectivity index (χ1v) is 11.1. The summed E-state index contributed by atoms with van der Waals surface area (Å²) in [5.41, 5.74) is 1.44. The van der Waals surface area contributed by atoms with E-state index >= 15 is 0 Å². The number of amides is 3. The Bertz CT molecular complexity index is 919. The molecule has 2 aliphatic rings. The molecular weight excluding hydrogens is 392 g/mol. The molecule has 2 fully saturated rings. The first-order chi connectivity index (χ1) is 14.1. The quantitative estimate of drug-likeness (QED) is 0.722. The molecule has 1 aromatic carbocycles. The highest BCUT2D eigenvalue weighted by Gasteiger charge is 2.28. The molecule has 29 heavy (non-hydrogen) atoms. The van der Waals surface area contributed by atoms with E-state index in [2.05, 4.69) is 5.32 Å². The minimum atomic E-state index is -0.673. The molecule has 7 nitrogen and oxygen atoms in total. The van der Waals surface area contributed by atoms with Crippen molar-refractivity contribution in [2.24, 2.45) is 0 Å². The molecular formula is C21H24N2O5S. The van der Waals surface area contributed by atoms with E-state index in [1.807, 2.05) is 36.0 Å². The number of hydrogen-bond acceptors (Lipinski definition) is 6. The van der Waals surface area contributed by atoms with Gasteiger partial charge in [0.15, 0.2) is 6.61 Å². The largest absolute Gasteiger partial charge is 0.450 e. The minimum Gasteiger partial charge on any atom is -0.450 e. The molecule has 0 bridgehead atoms. The summed E-state index contributed by atoms with van der Waals surface area (Å²) in [6.07, 6.45) is 6.21. The van der Waals surface area contributed by atoms with Crippen molar-refractivity contribution in [3.05, 3.63) is 35.6 Å². The van der Waals surface area contributed by atoms with Crippen LogP contribution in [0.1, 0.15) is 48.2 Å². The van der Waals surface area contributed by atoms with Crippen LogP contribution >= 0.6 is 11.8 Å². The number of imide groups is 1. The highest BCUT2D eigenvalue weighted by molar-refractivity contribution is 7.99. The predicted molar refractivity (Wildman–Crippen MR) is 110 cm³/mol. The van der Waals surface area contributed by atoms with Gasteiger partial charge in [0, 0.05) is 35.0 Å². The lowest BCUT2D eigenvalue weighted by molar-refractivity contribution is -0.130. The monoisotopic (exact) mass is 416 g/mol. The van der Waals surface area contributed by atoms with Gasteiger partial charge in [-0.3, -0.25) is 9.69 Å². The molecule has 0 atom stereocenters. The summed E-state index contributed by atoms with van der Waals surface area (Å²) in [4.78, 5) is 37.4. The van der Waals surface area contributed by atoms with Crippen LogP contribution in [0.4, 0.5) is 4.79 Å². The molecule has 1 aliphatic carbocycles. The van der Waals surface area contributed by atoms with Crippen LogP contribution in [0, 0.1) is 0 Å². The molecule has 0 radical (unpaired) electrons. The van der Waals surface area contributed by atoms with Crippen molar-refractivity contribution in [2.75, 3.05) is 19.7 Å². The van der Waals surface area contributed by atoms with Gasteiger partial charge in [0.2, 0.25) is 5.76 Å². The number of benzene rings is 1. The van der Waals surface area contributed by atoms with Crippen molar-refractivity contribution >= 4 is 40.6 Å².